The number of fused-ring (bicyclic) bond motifs is 1. The Balaban J connectivity index is 1.80. The van der Waals surface area contributed by atoms with E-state index in [1.54, 1.807) is 29.5 Å². The van der Waals surface area contributed by atoms with Crippen molar-refractivity contribution in [3.8, 4) is 11.5 Å². The smallest absolute Gasteiger partial charge is 0.252 e. The first-order valence-corrected chi connectivity index (χ1v) is 7.20. The lowest BCUT2D eigenvalue weighted by Crippen LogP contribution is -2.40. The summed E-state index contributed by atoms with van der Waals surface area (Å²) >= 11 is 1.63. The van der Waals surface area contributed by atoms with Crippen molar-refractivity contribution in [2.45, 2.75) is 19.4 Å². The van der Waals surface area contributed by atoms with E-state index in [0.29, 0.717) is 17.1 Å². The fraction of sp³-hybridized carbons (Fsp3) is 0.267. The molecule has 3 rings (SSSR count). The molecule has 1 aromatic heterocycles. The first kappa shape index (κ1) is 13.0. The molecule has 0 saturated carbocycles. The highest BCUT2D eigenvalue weighted by atomic mass is 32.1. The van der Waals surface area contributed by atoms with Crippen molar-refractivity contribution in [3.05, 3.63) is 46.2 Å². The molecule has 104 valence electrons. The molecular formula is C15H15NO3S. The first-order valence-electron chi connectivity index (χ1n) is 6.32. The van der Waals surface area contributed by atoms with Crippen molar-refractivity contribution >= 4 is 17.2 Å². The second-order valence-electron chi connectivity index (χ2n) is 5.12. The van der Waals surface area contributed by atoms with E-state index in [1.165, 1.54) is 0 Å². The molecular weight excluding hydrogens is 274 g/mol. The average Bonchev–Trinajstić information content (AvgIpc) is 3.09. The van der Waals surface area contributed by atoms with Gasteiger partial charge < -0.3 is 14.8 Å². The van der Waals surface area contributed by atoms with Crippen molar-refractivity contribution < 1.29 is 14.3 Å². The Bertz CT molecular complexity index is 635. The molecule has 1 aromatic carbocycles. The zero-order valence-electron chi connectivity index (χ0n) is 11.3. The number of ether oxygens (including phenoxy) is 2. The molecule has 1 aliphatic rings. The SMILES string of the molecule is CC(C)(NC(=O)c1ccc2c(c1)OCO2)c1cccs1. The Morgan fingerprint density at radius 3 is 2.80 bits per heavy atom. The van der Waals surface area contributed by atoms with Crippen molar-refractivity contribution in [2.75, 3.05) is 6.79 Å². The van der Waals surface area contributed by atoms with Crippen LogP contribution in [0.4, 0.5) is 0 Å². The Morgan fingerprint density at radius 2 is 2.05 bits per heavy atom. The summed E-state index contributed by atoms with van der Waals surface area (Å²) < 4.78 is 10.5. The lowest BCUT2D eigenvalue weighted by molar-refractivity contribution is 0.0913. The van der Waals surface area contributed by atoms with Crippen molar-refractivity contribution in [2.24, 2.45) is 0 Å². The number of hydrogen-bond donors (Lipinski definition) is 1. The molecule has 2 aromatic rings. The molecule has 5 heteroatoms. The molecule has 1 amide bonds. The zero-order valence-corrected chi connectivity index (χ0v) is 12.1. The number of thiophene rings is 1. The maximum absolute atomic E-state index is 12.4. The molecule has 0 bridgehead atoms. The molecule has 20 heavy (non-hydrogen) atoms. The number of carbonyl (C=O) groups is 1. The van der Waals surface area contributed by atoms with Crippen LogP contribution < -0.4 is 14.8 Å². The van der Waals surface area contributed by atoms with Crippen LogP contribution in [0, 0.1) is 0 Å². The number of carbonyl (C=O) groups excluding carboxylic acids is 1. The minimum atomic E-state index is -0.401. The van der Waals surface area contributed by atoms with Crippen molar-refractivity contribution in [1.82, 2.24) is 5.32 Å². The molecule has 0 radical (unpaired) electrons. The van der Waals surface area contributed by atoms with Crippen LogP contribution in [0.1, 0.15) is 29.1 Å². The van der Waals surface area contributed by atoms with E-state index in [1.807, 2.05) is 31.4 Å². The highest BCUT2D eigenvalue weighted by Crippen LogP contribution is 2.33. The van der Waals surface area contributed by atoms with Gasteiger partial charge in [0.25, 0.3) is 5.91 Å². The van der Waals surface area contributed by atoms with Gasteiger partial charge in [0.2, 0.25) is 6.79 Å². The average molecular weight is 289 g/mol. The molecule has 0 saturated heterocycles. The Morgan fingerprint density at radius 1 is 1.25 bits per heavy atom. The van der Waals surface area contributed by atoms with Crippen LogP contribution in [0.25, 0.3) is 0 Å². The Kier molecular flexibility index (Phi) is 3.14. The van der Waals surface area contributed by atoms with Gasteiger partial charge in [0, 0.05) is 10.4 Å². The summed E-state index contributed by atoms with van der Waals surface area (Å²) in [6, 6.07) is 9.21. The van der Waals surface area contributed by atoms with Crippen LogP contribution in [-0.2, 0) is 5.54 Å². The van der Waals surface area contributed by atoms with Crippen LogP contribution in [0.15, 0.2) is 35.7 Å². The van der Waals surface area contributed by atoms with Crippen LogP contribution >= 0.6 is 11.3 Å². The van der Waals surface area contributed by atoms with Crippen LogP contribution in [0.5, 0.6) is 11.5 Å². The fourth-order valence-electron chi connectivity index (χ4n) is 2.09. The number of rotatable bonds is 3. The summed E-state index contributed by atoms with van der Waals surface area (Å²) in [4.78, 5) is 13.5. The summed E-state index contributed by atoms with van der Waals surface area (Å²) in [6.07, 6.45) is 0. The van der Waals surface area contributed by atoms with E-state index >= 15 is 0 Å². The molecule has 0 atom stereocenters. The number of amides is 1. The van der Waals surface area contributed by atoms with Gasteiger partial charge in [-0.1, -0.05) is 6.07 Å². The normalized spacial score (nSPS) is 13.3. The van der Waals surface area contributed by atoms with Gasteiger partial charge >= 0.3 is 0 Å². The molecule has 0 fully saturated rings. The Hall–Kier alpha value is -2.01. The van der Waals surface area contributed by atoms with Gasteiger partial charge in [-0.3, -0.25) is 4.79 Å². The van der Waals surface area contributed by atoms with Gasteiger partial charge in [0.1, 0.15) is 0 Å². The zero-order chi connectivity index (χ0) is 14.2. The second kappa shape index (κ2) is 4.83. The van der Waals surface area contributed by atoms with Crippen LogP contribution in [-0.4, -0.2) is 12.7 Å². The number of nitrogens with one attached hydrogen (secondary N) is 1. The number of benzene rings is 1. The highest BCUT2D eigenvalue weighted by molar-refractivity contribution is 7.10. The summed E-state index contributed by atoms with van der Waals surface area (Å²) in [5.41, 5.74) is 0.167. The lowest BCUT2D eigenvalue weighted by Gasteiger charge is -2.25. The monoisotopic (exact) mass is 289 g/mol. The minimum absolute atomic E-state index is 0.123. The van der Waals surface area contributed by atoms with Gasteiger partial charge in [-0.2, -0.15) is 0 Å². The fourth-order valence-corrected chi connectivity index (χ4v) is 2.90. The van der Waals surface area contributed by atoms with Crippen molar-refractivity contribution in [1.29, 1.82) is 0 Å². The third kappa shape index (κ3) is 2.36. The van der Waals surface area contributed by atoms with Crippen LogP contribution in [0.3, 0.4) is 0 Å². The molecule has 1 N–H and O–H groups in total. The third-order valence-corrected chi connectivity index (χ3v) is 4.39. The molecule has 4 nitrogen and oxygen atoms in total. The van der Waals surface area contributed by atoms with Gasteiger partial charge in [0.05, 0.1) is 5.54 Å². The standard InChI is InChI=1S/C15H15NO3S/c1-15(2,13-4-3-7-20-13)16-14(17)10-5-6-11-12(8-10)19-9-18-11/h3-8H,9H2,1-2H3,(H,16,17). The van der Waals surface area contributed by atoms with E-state index < -0.39 is 5.54 Å². The minimum Gasteiger partial charge on any atom is -0.454 e. The van der Waals surface area contributed by atoms with Gasteiger partial charge in [0.15, 0.2) is 11.5 Å². The first-order chi connectivity index (χ1) is 9.56. The summed E-state index contributed by atoms with van der Waals surface area (Å²) in [5, 5.41) is 5.05. The third-order valence-electron chi connectivity index (χ3n) is 3.20. The summed E-state index contributed by atoms with van der Waals surface area (Å²) in [5.74, 6) is 1.17. The largest absolute Gasteiger partial charge is 0.454 e. The summed E-state index contributed by atoms with van der Waals surface area (Å²) in [6.45, 7) is 4.19. The number of hydrogen-bond acceptors (Lipinski definition) is 4. The predicted octanol–water partition coefficient (Wildman–Crippen LogP) is 3.14. The van der Waals surface area contributed by atoms with Crippen molar-refractivity contribution in [3.63, 3.8) is 0 Å². The highest BCUT2D eigenvalue weighted by Gasteiger charge is 2.25. The van der Waals surface area contributed by atoms with Gasteiger partial charge in [-0.05, 0) is 43.5 Å². The quantitative estimate of drug-likeness (QED) is 0.944. The summed E-state index contributed by atoms with van der Waals surface area (Å²) in [7, 11) is 0. The van der Waals surface area contributed by atoms with E-state index in [4.69, 9.17) is 9.47 Å². The van der Waals surface area contributed by atoms with Gasteiger partial charge in [-0.15, -0.1) is 11.3 Å². The molecule has 0 aliphatic carbocycles. The topological polar surface area (TPSA) is 47.6 Å². The molecule has 0 unspecified atom stereocenters. The van der Waals surface area contributed by atoms with Crippen LogP contribution in [0.2, 0.25) is 0 Å². The van der Waals surface area contributed by atoms with E-state index in [2.05, 4.69) is 5.32 Å². The second-order valence-corrected chi connectivity index (χ2v) is 6.07. The predicted molar refractivity (Wildman–Crippen MR) is 77.4 cm³/mol. The van der Waals surface area contributed by atoms with E-state index in [-0.39, 0.29) is 12.7 Å². The van der Waals surface area contributed by atoms with E-state index in [0.717, 1.165) is 4.88 Å². The van der Waals surface area contributed by atoms with Gasteiger partial charge in [-0.25, -0.2) is 0 Å². The maximum atomic E-state index is 12.4. The molecule has 2 heterocycles. The molecule has 1 aliphatic heterocycles. The molecule has 0 spiro atoms. The maximum Gasteiger partial charge on any atom is 0.252 e. The lowest BCUT2D eigenvalue weighted by atomic mass is 10.0. The van der Waals surface area contributed by atoms with E-state index in [9.17, 15) is 4.79 Å². The Labute approximate surface area is 121 Å².